The van der Waals surface area contributed by atoms with Gasteiger partial charge in [0.05, 0.1) is 10.4 Å². The normalized spacial score (nSPS) is 19.8. The van der Waals surface area contributed by atoms with Crippen LogP contribution in [-0.4, -0.2) is 42.5 Å². The van der Waals surface area contributed by atoms with Gasteiger partial charge in [0.2, 0.25) is 5.91 Å². The Bertz CT molecular complexity index is 311. The molecule has 0 aromatic heterocycles. The Labute approximate surface area is 115 Å². The van der Waals surface area contributed by atoms with E-state index in [1.54, 1.807) is 0 Å². The van der Waals surface area contributed by atoms with Gasteiger partial charge in [0, 0.05) is 6.04 Å². The second kappa shape index (κ2) is 6.48. The summed E-state index contributed by atoms with van der Waals surface area (Å²) >= 11 is 5.11. The van der Waals surface area contributed by atoms with E-state index in [0.717, 1.165) is 38.6 Å². The van der Waals surface area contributed by atoms with Crippen LogP contribution in [0.2, 0.25) is 0 Å². The lowest BCUT2D eigenvalue weighted by molar-refractivity contribution is -0.128. The zero-order valence-corrected chi connectivity index (χ0v) is 12.5. The maximum atomic E-state index is 12.4. The highest BCUT2D eigenvalue weighted by Crippen LogP contribution is 2.38. The van der Waals surface area contributed by atoms with Gasteiger partial charge in [-0.05, 0) is 46.8 Å². The smallest absolute Gasteiger partial charge is 0.233 e. The average molecular weight is 271 g/mol. The first-order valence-electron chi connectivity index (χ1n) is 6.64. The summed E-state index contributed by atoms with van der Waals surface area (Å²) in [6.45, 7) is 2.99. The molecule has 0 saturated heterocycles. The first kappa shape index (κ1) is 15.4. The third kappa shape index (κ3) is 3.65. The number of hydrogen-bond acceptors (Lipinski definition) is 3. The first-order valence-corrected chi connectivity index (χ1v) is 7.05. The summed E-state index contributed by atoms with van der Waals surface area (Å²) in [5.74, 6) is 0.0266. The molecule has 1 amide bonds. The van der Waals surface area contributed by atoms with Crippen molar-refractivity contribution in [3.63, 3.8) is 0 Å². The summed E-state index contributed by atoms with van der Waals surface area (Å²) in [4.78, 5) is 14.8. The van der Waals surface area contributed by atoms with Gasteiger partial charge in [-0.3, -0.25) is 4.79 Å². The van der Waals surface area contributed by atoms with E-state index in [-0.39, 0.29) is 11.9 Å². The minimum absolute atomic E-state index is 0.0266. The second-order valence-electron chi connectivity index (χ2n) is 5.62. The Morgan fingerprint density at radius 1 is 1.44 bits per heavy atom. The molecule has 0 radical (unpaired) electrons. The SMILES string of the molecule is CC(CCN(C)C)NC(=O)C1(C(N)=S)CCCC1. The number of nitrogens with one attached hydrogen (secondary N) is 1. The number of thiocarbonyl (C=S) groups is 1. The molecule has 0 aliphatic heterocycles. The van der Waals surface area contributed by atoms with Crippen molar-refractivity contribution < 1.29 is 4.79 Å². The van der Waals surface area contributed by atoms with Gasteiger partial charge in [-0.25, -0.2) is 0 Å². The zero-order chi connectivity index (χ0) is 13.8. The van der Waals surface area contributed by atoms with E-state index in [1.165, 1.54) is 0 Å². The maximum Gasteiger partial charge on any atom is 0.233 e. The Morgan fingerprint density at radius 3 is 2.44 bits per heavy atom. The van der Waals surface area contributed by atoms with Crippen molar-refractivity contribution in [2.24, 2.45) is 11.1 Å². The fourth-order valence-electron chi connectivity index (χ4n) is 2.45. The summed E-state index contributed by atoms with van der Waals surface area (Å²) in [7, 11) is 4.06. The minimum atomic E-state index is -0.582. The monoisotopic (exact) mass is 271 g/mol. The van der Waals surface area contributed by atoms with Crippen molar-refractivity contribution in [1.29, 1.82) is 0 Å². The molecule has 0 aromatic carbocycles. The molecule has 5 heteroatoms. The van der Waals surface area contributed by atoms with Crippen LogP contribution in [-0.2, 0) is 4.79 Å². The van der Waals surface area contributed by atoms with Crippen LogP contribution in [0.5, 0.6) is 0 Å². The summed E-state index contributed by atoms with van der Waals surface area (Å²) in [6.07, 6.45) is 4.61. The van der Waals surface area contributed by atoms with Gasteiger partial charge < -0.3 is 16.0 Å². The molecule has 104 valence electrons. The van der Waals surface area contributed by atoms with Gasteiger partial charge in [0.15, 0.2) is 0 Å². The number of carbonyl (C=O) groups excluding carboxylic acids is 1. The van der Waals surface area contributed by atoms with Crippen molar-refractivity contribution >= 4 is 23.1 Å². The summed E-state index contributed by atoms with van der Waals surface area (Å²) in [6, 6.07) is 0.159. The van der Waals surface area contributed by atoms with Gasteiger partial charge in [-0.2, -0.15) is 0 Å². The van der Waals surface area contributed by atoms with E-state index >= 15 is 0 Å². The van der Waals surface area contributed by atoms with Crippen LogP contribution in [0.3, 0.4) is 0 Å². The zero-order valence-electron chi connectivity index (χ0n) is 11.7. The molecule has 18 heavy (non-hydrogen) atoms. The Hall–Kier alpha value is -0.680. The van der Waals surface area contributed by atoms with Gasteiger partial charge in [-0.15, -0.1) is 0 Å². The molecule has 1 rings (SSSR count). The third-order valence-corrected chi connectivity index (χ3v) is 4.14. The number of hydrogen-bond donors (Lipinski definition) is 2. The van der Waals surface area contributed by atoms with Crippen molar-refractivity contribution in [2.75, 3.05) is 20.6 Å². The Balaban J connectivity index is 2.55. The van der Waals surface area contributed by atoms with E-state index < -0.39 is 5.41 Å². The van der Waals surface area contributed by atoms with E-state index in [1.807, 2.05) is 21.0 Å². The molecule has 3 N–H and O–H groups in total. The van der Waals surface area contributed by atoms with Crippen LogP contribution in [0.1, 0.15) is 39.0 Å². The highest BCUT2D eigenvalue weighted by Gasteiger charge is 2.44. The predicted octanol–water partition coefficient (Wildman–Crippen LogP) is 1.29. The lowest BCUT2D eigenvalue weighted by Gasteiger charge is -2.28. The number of nitrogens with zero attached hydrogens (tertiary/aromatic N) is 1. The molecular weight excluding hydrogens is 246 g/mol. The van der Waals surface area contributed by atoms with Crippen LogP contribution in [0.4, 0.5) is 0 Å². The molecule has 1 unspecified atom stereocenters. The predicted molar refractivity (Wildman–Crippen MR) is 78.5 cm³/mol. The van der Waals surface area contributed by atoms with Crippen molar-refractivity contribution in [3.8, 4) is 0 Å². The average Bonchev–Trinajstić information content (AvgIpc) is 2.76. The molecule has 1 fully saturated rings. The van der Waals surface area contributed by atoms with Crippen molar-refractivity contribution in [2.45, 2.75) is 45.1 Å². The molecule has 0 aromatic rings. The molecule has 1 atom stereocenters. The molecule has 4 nitrogen and oxygen atoms in total. The lowest BCUT2D eigenvalue weighted by Crippen LogP contribution is -2.50. The fourth-order valence-corrected chi connectivity index (χ4v) is 2.75. The van der Waals surface area contributed by atoms with E-state index in [0.29, 0.717) is 4.99 Å². The quantitative estimate of drug-likeness (QED) is 0.715. The van der Waals surface area contributed by atoms with Crippen LogP contribution < -0.4 is 11.1 Å². The van der Waals surface area contributed by atoms with Crippen LogP contribution in [0.15, 0.2) is 0 Å². The minimum Gasteiger partial charge on any atom is -0.392 e. The molecule has 1 saturated carbocycles. The standard InChI is InChI=1S/C13H25N3OS/c1-10(6-9-16(2)3)15-12(17)13(11(14)18)7-4-5-8-13/h10H,4-9H2,1-3H3,(H2,14,18)(H,15,17). The van der Waals surface area contributed by atoms with Crippen LogP contribution in [0, 0.1) is 5.41 Å². The second-order valence-corrected chi connectivity index (χ2v) is 6.06. The topological polar surface area (TPSA) is 58.4 Å². The third-order valence-electron chi connectivity index (χ3n) is 3.75. The molecule has 0 spiro atoms. The Kier molecular flexibility index (Phi) is 5.53. The summed E-state index contributed by atoms with van der Waals surface area (Å²) in [5.41, 5.74) is 5.21. The summed E-state index contributed by atoms with van der Waals surface area (Å²) < 4.78 is 0. The molecule has 1 aliphatic carbocycles. The van der Waals surface area contributed by atoms with Crippen molar-refractivity contribution in [3.05, 3.63) is 0 Å². The lowest BCUT2D eigenvalue weighted by atomic mass is 9.84. The number of rotatable bonds is 6. The highest BCUT2D eigenvalue weighted by atomic mass is 32.1. The number of amides is 1. The van der Waals surface area contributed by atoms with E-state index in [9.17, 15) is 4.79 Å². The van der Waals surface area contributed by atoms with Gasteiger partial charge in [0.1, 0.15) is 0 Å². The van der Waals surface area contributed by atoms with Gasteiger partial charge >= 0.3 is 0 Å². The molecule has 0 bridgehead atoms. The van der Waals surface area contributed by atoms with Crippen LogP contribution in [0.25, 0.3) is 0 Å². The number of nitrogens with two attached hydrogens (primary N) is 1. The largest absolute Gasteiger partial charge is 0.392 e. The van der Waals surface area contributed by atoms with Gasteiger partial charge in [0.25, 0.3) is 0 Å². The summed E-state index contributed by atoms with van der Waals surface area (Å²) in [5, 5.41) is 3.07. The first-order chi connectivity index (χ1) is 8.38. The fraction of sp³-hybridized carbons (Fsp3) is 0.846. The van der Waals surface area contributed by atoms with Gasteiger partial charge in [-0.1, -0.05) is 25.1 Å². The van der Waals surface area contributed by atoms with Crippen LogP contribution >= 0.6 is 12.2 Å². The highest BCUT2D eigenvalue weighted by molar-refractivity contribution is 7.80. The van der Waals surface area contributed by atoms with E-state index in [4.69, 9.17) is 18.0 Å². The maximum absolute atomic E-state index is 12.4. The molecule has 1 aliphatic rings. The molecular formula is C13H25N3OS. The van der Waals surface area contributed by atoms with E-state index in [2.05, 4.69) is 10.2 Å². The van der Waals surface area contributed by atoms with Crippen molar-refractivity contribution in [1.82, 2.24) is 10.2 Å². The molecule has 0 heterocycles. The Morgan fingerprint density at radius 2 is 2.00 bits per heavy atom. The number of carbonyl (C=O) groups is 1.